The first-order valence-electron chi connectivity index (χ1n) is 9.32. The van der Waals surface area contributed by atoms with Gasteiger partial charge in [0, 0.05) is 0 Å². The fraction of sp³-hybridized carbons (Fsp3) is 0.476. The van der Waals surface area contributed by atoms with Crippen LogP contribution in [0.3, 0.4) is 0 Å². The molecule has 0 saturated heterocycles. The second-order valence-corrected chi connectivity index (χ2v) is 7.70. The minimum atomic E-state index is 0.171. The summed E-state index contributed by atoms with van der Waals surface area (Å²) in [6, 6.07) is 4.02. The molecular formula is C21H27N3O. The first-order valence-corrected chi connectivity index (χ1v) is 9.32. The van der Waals surface area contributed by atoms with E-state index in [-0.39, 0.29) is 6.04 Å². The van der Waals surface area contributed by atoms with Crippen LogP contribution in [0, 0.1) is 17.3 Å². The minimum Gasteiger partial charge on any atom is -0.463 e. The molecule has 2 aliphatic rings. The maximum Gasteiger partial charge on any atom is 0.201 e. The number of nitrogen functional groups attached to an aromatic ring is 1. The Balaban J connectivity index is 1.71. The summed E-state index contributed by atoms with van der Waals surface area (Å²) in [4.78, 5) is 4.35. The maximum atomic E-state index is 6.24. The van der Waals surface area contributed by atoms with Crippen molar-refractivity contribution in [3.8, 4) is 11.5 Å². The number of furan rings is 1. The van der Waals surface area contributed by atoms with Crippen molar-refractivity contribution in [3.63, 3.8) is 0 Å². The maximum absolute atomic E-state index is 6.24. The summed E-state index contributed by atoms with van der Waals surface area (Å²) in [5.74, 6) is 2.72. The van der Waals surface area contributed by atoms with Gasteiger partial charge in [0.2, 0.25) is 5.95 Å². The molecule has 0 spiro atoms. The van der Waals surface area contributed by atoms with Gasteiger partial charge in [-0.2, -0.15) is 0 Å². The van der Waals surface area contributed by atoms with E-state index >= 15 is 0 Å². The van der Waals surface area contributed by atoms with Crippen LogP contribution < -0.4 is 5.73 Å². The second kappa shape index (κ2) is 5.94. The highest BCUT2D eigenvalue weighted by Gasteiger charge is 2.44. The topological polar surface area (TPSA) is 57.0 Å². The summed E-state index contributed by atoms with van der Waals surface area (Å²) in [6.07, 6.45) is 14.4. The van der Waals surface area contributed by atoms with Crippen LogP contribution in [0.5, 0.6) is 0 Å². The molecule has 0 radical (unpaired) electrons. The molecule has 3 atom stereocenters. The van der Waals surface area contributed by atoms with Gasteiger partial charge in [-0.25, -0.2) is 4.98 Å². The van der Waals surface area contributed by atoms with Gasteiger partial charge in [-0.1, -0.05) is 39.0 Å². The molecule has 25 heavy (non-hydrogen) atoms. The van der Waals surface area contributed by atoms with Crippen LogP contribution in [-0.4, -0.2) is 9.55 Å². The third-order valence-corrected chi connectivity index (χ3v) is 6.20. The summed E-state index contributed by atoms with van der Waals surface area (Å²) < 4.78 is 7.71. The largest absolute Gasteiger partial charge is 0.463 e. The van der Waals surface area contributed by atoms with Gasteiger partial charge in [0.25, 0.3) is 0 Å². The van der Waals surface area contributed by atoms with Gasteiger partial charge in [0.1, 0.15) is 5.69 Å². The van der Waals surface area contributed by atoms with Gasteiger partial charge in [0.05, 0.1) is 18.5 Å². The molecule has 3 unspecified atom stereocenters. The molecule has 2 aliphatic carbocycles. The van der Waals surface area contributed by atoms with Gasteiger partial charge in [-0.15, -0.1) is 0 Å². The third-order valence-electron chi connectivity index (χ3n) is 6.20. The third kappa shape index (κ3) is 2.64. The van der Waals surface area contributed by atoms with Crippen molar-refractivity contribution in [2.45, 2.75) is 46.1 Å². The molecule has 2 heterocycles. The Morgan fingerprint density at radius 2 is 2.24 bits per heavy atom. The van der Waals surface area contributed by atoms with Crippen molar-refractivity contribution in [2.75, 3.05) is 5.73 Å². The van der Waals surface area contributed by atoms with E-state index in [0.29, 0.717) is 17.3 Å². The van der Waals surface area contributed by atoms with E-state index in [1.165, 1.54) is 18.4 Å². The van der Waals surface area contributed by atoms with Crippen molar-refractivity contribution in [3.05, 3.63) is 48.4 Å². The van der Waals surface area contributed by atoms with Crippen LogP contribution in [0.4, 0.5) is 5.95 Å². The van der Waals surface area contributed by atoms with Crippen molar-refractivity contribution in [1.82, 2.24) is 9.55 Å². The molecule has 1 fully saturated rings. The lowest BCUT2D eigenvalue weighted by atomic mass is 9.69. The molecule has 0 bridgehead atoms. The van der Waals surface area contributed by atoms with Crippen LogP contribution in [0.15, 0.2) is 52.8 Å². The number of allylic oxidation sites excluding steroid dienone is 4. The second-order valence-electron chi connectivity index (χ2n) is 7.70. The molecule has 2 aromatic heterocycles. The Labute approximate surface area is 149 Å². The molecule has 0 amide bonds. The van der Waals surface area contributed by atoms with Crippen LogP contribution >= 0.6 is 0 Å². The summed E-state index contributed by atoms with van der Waals surface area (Å²) in [6.45, 7) is 6.95. The zero-order chi connectivity index (χ0) is 17.6. The Morgan fingerprint density at radius 3 is 2.84 bits per heavy atom. The molecular weight excluding hydrogens is 310 g/mol. The fourth-order valence-electron chi connectivity index (χ4n) is 4.26. The monoisotopic (exact) mass is 337 g/mol. The SMILES string of the molecule is CCC(C1=CC(C)C(C)(C2CC2)C=C1)n1c(-c2ccco2)cnc1N. The zero-order valence-corrected chi connectivity index (χ0v) is 15.3. The number of anilines is 1. The van der Waals surface area contributed by atoms with Gasteiger partial charge in [-0.3, -0.25) is 0 Å². The standard InChI is InChI=1S/C21H27N3O/c1-4-17(15-9-10-21(3,14(2)12-15)16-7-8-16)24-18(13-23-20(24)22)19-6-5-11-25-19/h5-6,9-14,16-17H,4,7-8H2,1-3H3,(H2,22,23). The van der Waals surface area contributed by atoms with E-state index in [1.54, 1.807) is 6.26 Å². The number of nitrogens with zero attached hydrogens (tertiary/aromatic N) is 2. The molecule has 4 rings (SSSR count). The summed E-state index contributed by atoms with van der Waals surface area (Å²) in [5, 5.41) is 0. The lowest BCUT2D eigenvalue weighted by Crippen LogP contribution is -2.28. The van der Waals surface area contributed by atoms with E-state index < -0.39 is 0 Å². The molecule has 1 saturated carbocycles. The van der Waals surface area contributed by atoms with Crippen LogP contribution in [-0.2, 0) is 0 Å². The fourth-order valence-corrected chi connectivity index (χ4v) is 4.26. The first-order chi connectivity index (χ1) is 12.0. The highest BCUT2D eigenvalue weighted by atomic mass is 16.3. The van der Waals surface area contributed by atoms with E-state index in [4.69, 9.17) is 10.2 Å². The first kappa shape index (κ1) is 16.2. The number of hydrogen-bond acceptors (Lipinski definition) is 3. The van der Waals surface area contributed by atoms with Gasteiger partial charge in [-0.05, 0) is 54.2 Å². The Hall–Kier alpha value is -2.23. The Morgan fingerprint density at radius 1 is 1.44 bits per heavy atom. The lowest BCUT2D eigenvalue weighted by molar-refractivity contribution is 0.273. The van der Waals surface area contributed by atoms with E-state index in [2.05, 4.69) is 48.6 Å². The minimum absolute atomic E-state index is 0.171. The number of aromatic nitrogens is 2. The van der Waals surface area contributed by atoms with Gasteiger partial charge in [0.15, 0.2) is 5.76 Å². The summed E-state index contributed by atoms with van der Waals surface area (Å²) >= 11 is 0. The predicted octanol–water partition coefficient (Wildman–Crippen LogP) is 5.23. The quantitative estimate of drug-likeness (QED) is 0.813. The van der Waals surface area contributed by atoms with Gasteiger partial charge < -0.3 is 14.7 Å². The van der Waals surface area contributed by atoms with Crippen LogP contribution in [0.2, 0.25) is 0 Å². The number of rotatable bonds is 5. The number of nitrogens with two attached hydrogens (primary N) is 1. The lowest BCUT2D eigenvalue weighted by Gasteiger charge is -2.36. The van der Waals surface area contributed by atoms with E-state index in [1.807, 2.05) is 18.3 Å². The number of hydrogen-bond donors (Lipinski definition) is 1. The summed E-state index contributed by atoms with van der Waals surface area (Å²) in [5.41, 5.74) is 8.79. The highest BCUT2D eigenvalue weighted by Crippen LogP contribution is 2.53. The molecule has 4 nitrogen and oxygen atoms in total. The molecule has 0 aliphatic heterocycles. The molecule has 2 aromatic rings. The van der Waals surface area contributed by atoms with Crippen molar-refractivity contribution < 1.29 is 4.42 Å². The smallest absolute Gasteiger partial charge is 0.201 e. The Kier molecular flexibility index (Phi) is 3.86. The van der Waals surface area contributed by atoms with E-state index in [0.717, 1.165) is 23.8 Å². The normalized spacial score (nSPS) is 27.3. The van der Waals surface area contributed by atoms with Crippen molar-refractivity contribution >= 4 is 5.95 Å². The van der Waals surface area contributed by atoms with Gasteiger partial charge >= 0.3 is 0 Å². The zero-order valence-electron chi connectivity index (χ0n) is 15.3. The average molecular weight is 337 g/mol. The van der Waals surface area contributed by atoms with E-state index in [9.17, 15) is 0 Å². The highest BCUT2D eigenvalue weighted by molar-refractivity contribution is 5.56. The van der Waals surface area contributed by atoms with Crippen LogP contribution in [0.25, 0.3) is 11.5 Å². The van der Waals surface area contributed by atoms with Crippen LogP contribution in [0.1, 0.15) is 46.1 Å². The molecule has 2 N–H and O–H groups in total. The molecule has 132 valence electrons. The average Bonchev–Trinajstić information content (AvgIpc) is 3.21. The number of imidazole rings is 1. The molecule has 4 heteroatoms. The molecule has 0 aromatic carbocycles. The summed E-state index contributed by atoms with van der Waals surface area (Å²) in [7, 11) is 0. The Bertz CT molecular complexity index is 810. The van der Waals surface area contributed by atoms with Crippen molar-refractivity contribution in [2.24, 2.45) is 17.3 Å². The predicted molar refractivity (Wildman–Crippen MR) is 101 cm³/mol. The van der Waals surface area contributed by atoms with Crippen molar-refractivity contribution in [1.29, 1.82) is 0 Å².